The fraction of sp³-hybridized carbons (Fsp3) is 0.633. The molecule has 4 aliphatic rings. The van der Waals surface area contributed by atoms with Crippen LogP contribution in [0, 0.1) is 23.2 Å². The van der Waals surface area contributed by atoms with Crippen LogP contribution in [0.3, 0.4) is 0 Å². The number of nitrogens with one attached hydrogen (secondary N) is 1. The minimum atomic E-state index is -0.889. The first-order chi connectivity index (χ1) is 17.1. The molecule has 1 aromatic carbocycles. The molecule has 1 aromatic heterocycles. The van der Waals surface area contributed by atoms with Gasteiger partial charge in [0.2, 0.25) is 0 Å². The molecule has 6 heteroatoms. The van der Waals surface area contributed by atoms with Gasteiger partial charge in [0.25, 0.3) is 0 Å². The van der Waals surface area contributed by atoms with Crippen LogP contribution in [0.25, 0.3) is 16.3 Å². The number of nitrogens with zero attached hydrogens (tertiary/aromatic N) is 1. The molecule has 36 heavy (non-hydrogen) atoms. The highest BCUT2D eigenvalue weighted by molar-refractivity contribution is 6.25. The van der Waals surface area contributed by atoms with Crippen molar-refractivity contribution in [2.45, 2.75) is 81.3 Å². The first-order valence-electron chi connectivity index (χ1n) is 13.7. The van der Waals surface area contributed by atoms with E-state index in [-0.39, 0.29) is 17.4 Å². The van der Waals surface area contributed by atoms with Gasteiger partial charge in [-0.05, 0) is 118 Å². The van der Waals surface area contributed by atoms with E-state index in [1.54, 1.807) is 6.20 Å². The molecule has 5 N–H and O–H groups in total. The minimum absolute atomic E-state index is 0.110. The van der Waals surface area contributed by atoms with E-state index in [1.165, 1.54) is 11.1 Å². The summed E-state index contributed by atoms with van der Waals surface area (Å²) in [7, 11) is 3.75. The van der Waals surface area contributed by atoms with E-state index in [1.807, 2.05) is 20.2 Å². The van der Waals surface area contributed by atoms with Gasteiger partial charge in [-0.1, -0.05) is 25.1 Å². The molecule has 0 saturated heterocycles. The highest BCUT2D eigenvalue weighted by Gasteiger charge is 2.65. The van der Waals surface area contributed by atoms with Gasteiger partial charge in [0, 0.05) is 17.5 Å². The molecule has 3 fully saturated rings. The largest absolute Gasteiger partial charge is 0.393 e. The Morgan fingerprint density at radius 3 is 2.64 bits per heavy atom. The van der Waals surface area contributed by atoms with Crippen molar-refractivity contribution in [1.82, 2.24) is 10.3 Å². The molecule has 4 aliphatic carbocycles. The maximum atomic E-state index is 12.4. The number of benzene rings is 1. The lowest BCUT2D eigenvalue weighted by Gasteiger charge is -2.57. The smallest absolute Gasteiger partial charge is 0.131 e. The molecule has 1 heterocycles. The number of hydrogen-bond acceptors (Lipinski definition) is 5. The number of aliphatic hydroxyl groups excluding tert-OH is 1. The Hall–Kier alpha value is -1.66. The first kappa shape index (κ1) is 26.0. The Kier molecular flexibility index (Phi) is 6.91. The summed E-state index contributed by atoms with van der Waals surface area (Å²) in [6.45, 7) is 2.34. The topological polar surface area (TPSA) is 91.4 Å². The van der Waals surface area contributed by atoms with Crippen LogP contribution in [0.1, 0.15) is 70.3 Å². The number of fused-ring (bicyclic) bond motifs is 5. The molecule has 0 radical (unpaired) electrons. The zero-order valence-corrected chi connectivity index (χ0v) is 22.7. The van der Waals surface area contributed by atoms with E-state index in [0.717, 1.165) is 68.6 Å². The first-order valence-corrected chi connectivity index (χ1v) is 14.1. The monoisotopic (exact) mass is 511 g/mol. The fourth-order valence-corrected chi connectivity index (χ4v) is 8.69. The summed E-state index contributed by atoms with van der Waals surface area (Å²) in [5.74, 6) is 1.67. The number of hydrogen-bond donors (Lipinski definition) is 4. The zero-order chi connectivity index (χ0) is 25.7. The van der Waals surface area contributed by atoms with E-state index in [9.17, 15) is 10.2 Å². The van der Waals surface area contributed by atoms with Gasteiger partial charge in [-0.2, -0.15) is 0 Å². The second kappa shape index (κ2) is 9.58. The van der Waals surface area contributed by atoms with Gasteiger partial charge in [0.05, 0.1) is 16.6 Å². The van der Waals surface area contributed by atoms with Crippen molar-refractivity contribution < 1.29 is 10.2 Å². The molecule has 7 atom stereocenters. The zero-order valence-electron chi connectivity index (χ0n) is 21.9. The van der Waals surface area contributed by atoms with Crippen molar-refractivity contribution in [2.24, 2.45) is 23.2 Å². The predicted molar refractivity (Wildman–Crippen MR) is 149 cm³/mol. The second-order valence-corrected chi connectivity index (χ2v) is 12.8. The Labute approximate surface area is 220 Å². The summed E-state index contributed by atoms with van der Waals surface area (Å²) in [6.07, 6.45) is 11.9. The van der Waals surface area contributed by atoms with Gasteiger partial charge in [-0.3, -0.25) is 0 Å². The Balaban J connectivity index is 0.000000848. The summed E-state index contributed by atoms with van der Waals surface area (Å²) >= 11 is 7.43. The highest BCUT2D eigenvalue weighted by Crippen LogP contribution is 2.67. The van der Waals surface area contributed by atoms with Crippen LogP contribution in [0.4, 0.5) is 5.82 Å². The molecule has 2 aromatic rings. The van der Waals surface area contributed by atoms with E-state index in [2.05, 4.69) is 41.5 Å². The molecule has 3 saturated carbocycles. The third kappa shape index (κ3) is 4.07. The molecule has 6 rings (SSSR count). The van der Waals surface area contributed by atoms with E-state index in [4.69, 9.17) is 17.3 Å². The minimum Gasteiger partial charge on any atom is -0.393 e. The van der Waals surface area contributed by atoms with Crippen molar-refractivity contribution >= 4 is 33.8 Å². The van der Waals surface area contributed by atoms with Crippen molar-refractivity contribution in [3.63, 3.8) is 0 Å². The standard InChI is InChI=1S/C28H35ClN2O2.C2H7N/c1-26-11-12-27(29)16-20-14-21(32)5-4-17(20)8-10-28(27,33)24(26)7-6-23(26)19-3-2-18-9-13-31-25(30)22(18)15-19;1-3-2/h2-3,6,9,13,15,17,20-21,24,32-33H,4-5,7-8,10-12,14,16H2,1H3,(H2,30,31);3H,1-2H3/t17?,20?,21?,24?,26?,27?,28-;/m0./s1. The van der Waals surface area contributed by atoms with Crippen molar-refractivity contribution in [3.05, 3.63) is 42.1 Å². The van der Waals surface area contributed by atoms with Gasteiger partial charge < -0.3 is 21.3 Å². The maximum Gasteiger partial charge on any atom is 0.131 e. The molecule has 0 bridgehead atoms. The third-order valence-corrected chi connectivity index (χ3v) is 10.7. The molecule has 0 aliphatic heterocycles. The number of nitrogens with two attached hydrogens (primary N) is 1. The number of anilines is 1. The molecular formula is C30H42ClN3O2. The normalized spacial score (nSPS) is 39.7. The summed E-state index contributed by atoms with van der Waals surface area (Å²) in [4.78, 5) is 3.68. The number of rotatable bonds is 1. The Morgan fingerprint density at radius 1 is 1.08 bits per heavy atom. The van der Waals surface area contributed by atoms with Crippen molar-refractivity contribution in [1.29, 1.82) is 0 Å². The van der Waals surface area contributed by atoms with Crippen LogP contribution >= 0.6 is 11.6 Å². The number of pyridine rings is 1. The summed E-state index contributed by atoms with van der Waals surface area (Å²) in [6, 6.07) is 8.49. The third-order valence-electron chi connectivity index (χ3n) is 10.0. The lowest BCUT2D eigenvalue weighted by Crippen LogP contribution is -2.62. The van der Waals surface area contributed by atoms with Crippen LogP contribution in [0.2, 0.25) is 0 Å². The van der Waals surface area contributed by atoms with Crippen LogP contribution in [0.15, 0.2) is 36.5 Å². The van der Waals surface area contributed by atoms with E-state index in [0.29, 0.717) is 17.7 Å². The van der Waals surface area contributed by atoms with Gasteiger partial charge in [0.1, 0.15) is 5.82 Å². The maximum absolute atomic E-state index is 12.4. The average Bonchev–Trinajstić information content (AvgIpc) is 3.15. The fourth-order valence-electron chi connectivity index (χ4n) is 8.17. The molecule has 0 amide bonds. The number of halogens is 1. The number of aliphatic hydroxyl groups is 2. The molecule has 5 nitrogen and oxygen atoms in total. The SMILES string of the molecule is CC12CCC3(Cl)CC4CC(O)CCC4CC[C@]3(O)C1CC=C2c1ccc2ccnc(N)c2c1.CNC. The van der Waals surface area contributed by atoms with E-state index < -0.39 is 10.5 Å². The van der Waals surface area contributed by atoms with Crippen LogP contribution in [0.5, 0.6) is 0 Å². The molecule has 6 unspecified atom stereocenters. The summed E-state index contributed by atoms with van der Waals surface area (Å²) in [5, 5.41) is 27.5. The van der Waals surface area contributed by atoms with Crippen molar-refractivity contribution in [3.8, 4) is 0 Å². The Bertz CT molecular complexity index is 1150. The van der Waals surface area contributed by atoms with Crippen LogP contribution in [-0.4, -0.2) is 45.9 Å². The number of nitrogen functional groups attached to an aromatic ring is 1. The number of alkyl halides is 1. The Morgan fingerprint density at radius 2 is 1.86 bits per heavy atom. The second-order valence-electron chi connectivity index (χ2n) is 12.1. The molecular weight excluding hydrogens is 470 g/mol. The average molecular weight is 512 g/mol. The summed E-state index contributed by atoms with van der Waals surface area (Å²) < 4.78 is 0. The van der Waals surface area contributed by atoms with Gasteiger partial charge in [-0.25, -0.2) is 4.98 Å². The number of allylic oxidation sites excluding steroid dienone is 2. The highest BCUT2D eigenvalue weighted by atomic mass is 35.5. The van der Waals surface area contributed by atoms with E-state index >= 15 is 0 Å². The lowest BCUT2D eigenvalue weighted by molar-refractivity contribution is -0.118. The van der Waals surface area contributed by atoms with Gasteiger partial charge in [0.15, 0.2) is 0 Å². The quantitative estimate of drug-likeness (QED) is 0.378. The van der Waals surface area contributed by atoms with Crippen LogP contribution in [-0.2, 0) is 0 Å². The van der Waals surface area contributed by atoms with Gasteiger partial charge >= 0.3 is 0 Å². The van der Waals surface area contributed by atoms with Gasteiger partial charge in [-0.15, -0.1) is 11.6 Å². The predicted octanol–water partition coefficient (Wildman–Crippen LogP) is 5.53. The van der Waals surface area contributed by atoms with Crippen LogP contribution < -0.4 is 11.1 Å². The summed E-state index contributed by atoms with van der Waals surface area (Å²) in [5.41, 5.74) is 7.69. The molecule has 196 valence electrons. The lowest BCUT2D eigenvalue weighted by atomic mass is 9.53. The number of aromatic nitrogens is 1. The van der Waals surface area contributed by atoms with Crippen molar-refractivity contribution in [2.75, 3.05) is 19.8 Å². The molecule has 0 spiro atoms.